The maximum Gasteiger partial charge on any atom is 0.269 e. The fraction of sp³-hybridized carbons (Fsp3) is 0.263. The van der Waals surface area contributed by atoms with Gasteiger partial charge in [0.2, 0.25) is 15.9 Å². The highest BCUT2D eigenvalue weighted by atomic mass is 32.2. The number of amides is 2. The monoisotopic (exact) mass is 423 g/mol. The van der Waals surface area contributed by atoms with Crippen molar-refractivity contribution < 1.29 is 27.1 Å². The molecule has 8 nitrogen and oxygen atoms in total. The summed E-state index contributed by atoms with van der Waals surface area (Å²) in [5.74, 6) is -1.04. The zero-order valence-electron chi connectivity index (χ0n) is 15.9. The van der Waals surface area contributed by atoms with E-state index in [9.17, 15) is 22.4 Å². The van der Waals surface area contributed by atoms with E-state index in [0.717, 1.165) is 24.3 Å². The van der Waals surface area contributed by atoms with Crippen LogP contribution in [0.5, 0.6) is 5.75 Å². The Hall–Kier alpha value is -2.98. The molecule has 2 amide bonds. The lowest BCUT2D eigenvalue weighted by atomic mass is 10.2. The first kappa shape index (κ1) is 22.3. The molecule has 0 bridgehead atoms. The fourth-order valence-corrected chi connectivity index (χ4v) is 3.25. The Bertz CT molecular complexity index is 945. The van der Waals surface area contributed by atoms with Gasteiger partial charge in [-0.1, -0.05) is 0 Å². The highest BCUT2D eigenvalue weighted by molar-refractivity contribution is 7.89. The van der Waals surface area contributed by atoms with E-state index < -0.39 is 27.7 Å². The molecule has 0 aliphatic heterocycles. The lowest BCUT2D eigenvalue weighted by Crippen LogP contribution is -2.42. The van der Waals surface area contributed by atoms with Gasteiger partial charge in [0.15, 0.2) is 0 Å². The predicted octanol–water partition coefficient (Wildman–Crippen LogP) is 1.74. The molecule has 2 rings (SSSR count). The Morgan fingerprint density at radius 3 is 2.21 bits per heavy atom. The smallest absolute Gasteiger partial charge is 0.269 e. The van der Waals surface area contributed by atoms with Gasteiger partial charge in [-0.2, -0.15) is 0 Å². The minimum atomic E-state index is -3.86. The first-order valence-corrected chi connectivity index (χ1v) is 10.3. The summed E-state index contributed by atoms with van der Waals surface area (Å²) in [7, 11) is -3.86. The third kappa shape index (κ3) is 7.16. The minimum absolute atomic E-state index is 0.00875. The van der Waals surface area contributed by atoms with E-state index in [1.165, 1.54) is 0 Å². The van der Waals surface area contributed by atoms with Crippen LogP contribution in [0.4, 0.5) is 4.39 Å². The fourth-order valence-electron chi connectivity index (χ4n) is 2.21. The van der Waals surface area contributed by atoms with Crippen molar-refractivity contribution in [2.75, 3.05) is 6.54 Å². The molecule has 10 heteroatoms. The van der Waals surface area contributed by atoms with Crippen LogP contribution < -0.4 is 20.3 Å². The summed E-state index contributed by atoms with van der Waals surface area (Å²) in [6, 6.07) is 10.7. The average molecular weight is 423 g/mol. The second kappa shape index (κ2) is 9.99. The second-order valence-corrected chi connectivity index (χ2v) is 8.06. The number of nitrogens with one attached hydrogen (secondary N) is 3. The van der Waals surface area contributed by atoms with E-state index in [-0.39, 0.29) is 24.0 Å². The summed E-state index contributed by atoms with van der Waals surface area (Å²) < 4.78 is 44.6. The van der Waals surface area contributed by atoms with Crippen LogP contribution in [0.3, 0.4) is 0 Å². The van der Waals surface area contributed by atoms with Crippen LogP contribution in [-0.4, -0.2) is 32.9 Å². The molecular weight excluding hydrogens is 401 g/mol. The average Bonchev–Trinajstić information content (AvgIpc) is 2.66. The van der Waals surface area contributed by atoms with Crippen LogP contribution in [0.1, 0.15) is 30.6 Å². The lowest BCUT2D eigenvalue weighted by Gasteiger charge is -2.11. The third-order valence-electron chi connectivity index (χ3n) is 3.57. The number of ether oxygens (including phenoxy) is 1. The summed E-state index contributed by atoms with van der Waals surface area (Å²) in [6.45, 7) is 3.58. The number of hydrogen-bond donors (Lipinski definition) is 3. The van der Waals surface area contributed by atoms with Crippen molar-refractivity contribution in [3.63, 3.8) is 0 Å². The molecule has 0 heterocycles. The minimum Gasteiger partial charge on any atom is -0.491 e. The third-order valence-corrected chi connectivity index (χ3v) is 5.05. The number of carbonyl (C=O) groups is 2. The maximum atomic E-state index is 12.9. The molecular formula is C19H22FN3O5S. The van der Waals surface area contributed by atoms with Gasteiger partial charge in [-0.25, -0.2) is 17.5 Å². The number of benzene rings is 2. The number of sulfonamides is 1. The van der Waals surface area contributed by atoms with Crippen LogP contribution >= 0.6 is 0 Å². The van der Waals surface area contributed by atoms with E-state index in [1.54, 1.807) is 24.3 Å². The number of rotatable bonds is 8. The highest BCUT2D eigenvalue weighted by Crippen LogP contribution is 2.13. The molecule has 0 fully saturated rings. The molecule has 0 saturated heterocycles. The molecule has 2 aromatic rings. The summed E-state index contributed by atoms with van der Waals surface area (Å²) in [4.78, 5) is 23.7. The summed E-state index contributed by atoms with van der Waals surface area (Å²) in [5, 5.41) is 0. The van der Waals surface area contributed by atoms with Crippen LogP contribution in [-0.2, 0) is 14.8 Å². The Labute approximate surface area is 168 Å². The van der Waals surface area contributed by atoms with Gasteiger partial charge in [0.05, 0.1) is 11.0 Å². The van der Waals surface area contributed by atoms with Crippen molar-refractivity contribution in [1.29, 1.82) is 0 Å². The zero-order valence-corrected chi connectivity index (χ0v) is 16.8. The topological polar surface area (TPSA) is 114 Å². The standard InChI is InChI=1S/C19H22FN3O5S/c1-13(2)28-16-7-3-14(4-8-16)19(25)23-22-18(24)11-12-21-29(26,27)17-9-5-15(20)6-10-17/h3-10,13,21H,11-12H2,1-2H3,(H,22,24)(H,23,25). The van der Waals surface area contributed by atoms with Crippen LogP contribution in [0.25, 0.3) is 0 Å². The molecule has 156 valence electrons. The predicted molar refractivity (Wildman–Crippen MR) is 104 cm³/mol. The number of carbonyl (C=O) groups excluding carboxylic acids is 2. The molecule has 0 aliphatic rings. The number of halogens is 1. The normalized spacial score (nSPS) is 11.2. The van der Waals surface area contributed by atoms with Gasteiger partial charge in [0.1, 0.15) is 11.6 Å². The molecule has 0 radical (unpaired) electrons. The molecule has 0 atom stereocenters. The highest BCUT2D eigenvalue weighted by Gasteiger charge is 2.14. The number of hydrogen-bond acceptors (Lipinski definition) is 5. The molecule has 2 aromatic carbocycles. The Kier molecular flexibility index (Phi) is 7.68. The van der Waals surface area contributed by atoms with E-state index in [1.807, 2.05) is 13.8 Å². The van der Waals surface area contributed by atoms with Crippen LogP contribution in [0.15, 0.2) is 53.4 Å². The van der Waals surface area contributed by atoms with Gasteiger partial charge >= 0.3 is 0 Å². The first-order chi connectivity index (χ1) is 13.7. The van der Waals surface area contributed by atoms with Crippen molar-refractivity contribution >= 4 is 21.8 Å². The molecule has 0 unspecified atom stereocenters. The van der Waals surface area contributed by atoms with E-state index >= 15 is 0 Å². The van der Waals surface area contributed by atoms with E-state index in [2.05, 4.69) is 15.6 Å². The summed E-state index contributed by atoms with van der Waals surface area (Å²) >= 11 is 0. The Balaban J connectivity index is 1.76. The van der Waals surface area contributed by atoms with Crippen LogP contribution in [0, 0.1) is 5.82 Å². The van der Waals surface area contributed by atoms with Gasteiger partial charge in [-0.3, -0.25) is 20.4 Å². The Morgan fingerprint density at radius 2 is 1.62 bits per heavy atom. The quantitative estimate of drug-likeness (QED) is 0.560. The van der Waals surface area contributed by atoms with Crippen molar-refractivity contribution in [3.8, 4) is 5.75 Å². The van der Waals surface area contributed by atoms with Crippen molar-refractivity contribution in [2.45, 2.75) is 31.3 Å². The molecule has 0 spiro atoms. The van der Waals surface area contributed by atoms with Gasteiger partial charge in [-0.15, -0.1) is 0 Å². The number of hydrazine groups is 1. The van der Waals surface area contributed by atoms with Crippen LogP contribution in [0.2, 0.25) is 0 Å². The largest absolute Gasteiger partial charge is 0.491 e. The van der Waals surface area contributed by atoms with E-state index in [0.29, 0.717) is 11.3 Å². The molecule has 3 N–H and O–H groups in total. The van der Waals surface area contributed by atoms with Crippen molar-refractivity contribution in [1.82, 2.24) is 15.6 Å². The molecule has 29 heavy (non-hydrogen) atoms. The lowest BCUT2D eigenvalue weighted by molar-refractivity contribution is -0.121. The van der Waals surface area contributed by atoms with Gasteiger partial charge < -0.3 is 4.74 Å². The van der Waals surface area contributed by atoms with Gasteiger partial charge in [0.25, 0.3) is 5.91 Å². The Morgan fingerprint density at radius 1 is 1.00 bits per heavy atom. The van der Waals surface area contributed by atoms with Gasteiger partial charge in [0, 0.05) is 18.5 Å². The van der Waals surface area contributed by atoms with Gasteiger partial charge in [-0.05, 0) is 62.4 Å². The van der Waals surface area contributed by atoms with E-state index in [4.69, 9.17) is 4.74 Å². The summed E-state index contributed by atoms with van der Waals surface area (Å²) in [5.41, 5.74) is 4.77. The second-order valence-electron chi connectivity index (χ2n) is 6.29. The maximum absolute atomic E-state index is 12.9. The zero-order chi connectivity index (χ0) is 21.4. The van der Waals surface area contributed by atoms with Crippen molar-refractivity contribution in [3.05, 3.63) is 59.9 Å². The van der Waals surface area contributed by atoms with Crippen molar-refractivity contribution in [2.24, 2.45) is 0 Å². The summed E-state index contributed by atoms with van der Waals surface area (Å²) in [6.07, 6.45) is -0.198. The SMILES string of the molecule is CC(C)Oc1ccc(C(=O)NNC(=O)CCNS(=O)(=O)c2ccc(F)cc2)cc1. The molecule has 0 saturated carbocycles. The molecule has 0 aliphatic carbocycles. The first-order valence-electron chi connectivity index (χ1n) is 8.78. The molecule has 0 aromatic heterocycles.